The van der Waals surface area contributed by atoms with Crippen LogP contribution in [0.1, 0.15) is 0 Å². The van der Waals surface area contributed by atoms with Crippen molar-refractivity contribution in [1.29, 1.82) is 0 Å². The van der Waals surface area contributed by atoms with E-state index in [2.05, 4.69) is 15.6 Å². The third-order valence-electron chi connectivity index (χ3n) is 3.50. The van der Waals surface area contributed by atoms with Crippen molar-refractivity contribution in [3.63, 3.8) is 0 Å². The third-order valence-corrected chi connectivity index (χ3v) is 4.43. The molecule has 1 aromatic heterocycles. The van der Waals surface area contributed by atoms with Crippen molar-refractivity contribution in [1.82, 2.24) is 10.3 Å². The molecule has 0 bridgehead atoms. The van der Waals surface area contributed by atoms with Crippen LogP contribution in [0.3, 0.4) is 0 Å². The summed E-state index contributed by atoms with van der Waals surface area (Å²) in [6.45, 7) is -0.151. The fourth-order valence-electron chi connectivity index (χ4n) is 2.24. The van der Waals surface area contributed by atoms with E-state index in [0.717, 1.165) is 15.9 Å². The number of amides is 2. The number of carbonyl (C=O) groups excluding carboxylic acids is 2. The number of hydrogen-bond acceptors (Lipinski definition) is 4. The van der Waals surface area contributed by atoms with Crippen molar-refractivity contribution in [2.24, 2.45) is 0 Å². The zero-order chi connectivity index (χ0) is 18.4. The number of carbonyl (C=O) groups is 2. The quantitative estimate of drug-likeness (QED) is 0.655. The molecule has 0 aliphatic rings. The predicted molar refractivity (Wildman–Crippen MR) is 101 cm³/mol. The number of halogens is 1. The zero-order valence-corrected chi connectivity index (χ0v) is 14.6. The summed E-state index contributed by atoms with van der Waals surface area (Å²) < 4.78 is 12.8. The third kappa shape index (κ3) is 5.03. The van der Waals surface area contributed by atoms with Crippen LogP contribution in [0.15, 0.2) is 65.7 Å². The Labute approximate surface area is 154 Å². The van der Waals surface area contributed by atoms with Crippen molar-refractivity contribution in [3.05, 3.63) is 66.5 Å². The van der Waals surface area contributed by atoms with E-state index < -0.39 is 0 Å². The minimum absolute atomic E-state index is 0.151. The first-order valence-corrected chi connectivity index (χ1v) is 8.89. The van der Waals surface area contributed by atoms with Gasteiger partial charge in [0.25, 0.3) is 0 Å². The van der Waals surface area contributed by atoms with Crippen LogP contribution >= 0.6 is 11.8 Å². The van der Waals surface area contributed by atoms with Crippen LogP contribution in [0.4, 0.5) is 10.1 Å². The van der Waals surface area contributed by atoms with Crippen molar-refractivity contribution < 1.29 is 14.0 Å². The Balaban J connectivity index is 1.44. The lowest BCUT2D eigenvalue weighted by atomic mass is 10.2. The molecule has 0 aliphatic heterocycles. The largest absolute Gasteiger partial charge is 0.346 e. The minimum atomic E-state index is -0.379. The van der Waals surface area contributed by atoms with Gasteiger partial charge in [-0.05, 0) is 36.4 Å². The summed E-state index contributed by atoms with van der Waals surface area (Å²) in [6, 6.07) is 17.0. The Morgan fingerprint density at radius 3 is 2.54 bits per heavy atom. The number of hydrogen-bond donors (Lipinski definition) is 2. The zero-order valence-electron chi connectivity index (χ0n) is 13.7. The van der Waals surface area contributed by atoms with E-state index >= 15 is 0 Å². The van der Waals surface area contributed by atoms with Crippen molar-refractivity contribution in [2.45, 2.75) is 5.03 Å². The number of anilines is 1. The molecule has 0 spiro atoms. The molecule has 2 amide bonds. The lowest BCUT2D eigenvalue weighted by Gasteiger charge is -2.07. The first-order chi connectivity index (χ1) is 12.6. The number of rotatable bonds is 6. The highest BCUT2D eigenvalue weighted by Crippen LogP contribution is 2.19. The van der Waals surface area contributed by atoms with Gasteiger partial charge in [0.05, 0.1) is 22.8 Å². The van der Waals surface area contributed by atoms with Gasteiger partial charge in [0.2, 0.25) is 11.8 Å². The number of nitrogens with one attached hydrogen (secondary N) is 2. The molecule has 0 saturated heterocycles. The maximum absolute atomic E-state index is 12.8. The second-order valence-corrected chi connectivity index (χ2v) is 6.46. The number of aromatic nitrogens is 1. The number of para-hydroxylation sites is 1. The van der Waals surface area contributed by atoms with E-state index in [1.165, 1.54) is 36.0 Å². The highest BCUT2D eigenvalue weighted by atomic mass is 32.2. The van der Waals surface area contributed by atoms with Gasteiger partial charge in [-0.2, -0.15) is 0 Å². The molecule has 2 N–H and O–H groups in total. The minimum Gasteiger partial charge on any atom is -0.346 e. The summed E-state index contributed by atoms with van der Waals surface area (Å²) in [5.41, 5.74) is 1.34. The molecule has 1 heterocycles. The molecule has 7 heteroatoms. The number of benzene rings is 2. The average molecular weight is 369 g/mol. The molecule has 3 aromatic rings. The monoisotopic (exact) mass is 369 g/mol. The van der Waals surface area contributed by atoms with Crippen LogP contribution in [0.2, 0.25) is 0 Å². The van der Waals surface area contributed by atoms with E-state index in [-0.39, 0.29) is 29.9 Å². The fraction of sp³-hybridized carbons (Fsp3) is 0.105. The maximum atomic E-state index is 12.8. The molecular formula is C19H16FN3O2S. The summed E-state index contributed by atoms with van der Waals surface area (Å²) in [5, 5.41) is 6.91. The van der Waals surface area contributed by atoms with Crippen LogP contribution in [0.25, 0.3) is 10.9 Å². The number of nitrogens with zero attached hydrogens (tertiary/aromatic N) is 1. The average Bonchev–Trinajstić information content (AvgIpc) is 2.66. The van der Waals surface area contributed by atoms with Crippen LogP contribution in [0, 0.1) is 5.82 Å². The molecule has 26 heavy (non-hydrogen) atoms. The Kier molecular flexibility index (Phi) is 5.80. The fourth-order valence-corrected chi connectivity index (χ4v) is 2.94. The van der Waals surface area contributed by atoms with E-state index in [0.29, 0.717) is 5.69 Å². The molecule has 5 nitrogen and oxygen atoms in total. The Morgan fingerprint density at radius 1 is 0.962 bits per heavy atom. The van der Waals surface area contributed by atoms with Gasteiger partial charge in [-0.15, -0.1) is 0 Å². The van der Waals surface area contributed by atoms with Crippen LogP contribution in [-0.2, 0) is 9.59 Å². The molecule has 2 aromatic carbocycles. The van der Waals surface area contributed by atoms with Gasteiger partial charge < -0.3 is 10.6 Å². The summed E-state index contributed by atoms with van der Waals surface area (Å²) in [7, 11) is 0. The SMILES string of the molecule is O=C(CSc1ccc2ccccc2n1)NCC(=O)Nc1ccc(F)cc1. The van der Waals surface area contributed by atoms with E-state index in [1.54, 1.807) is 0 Å². The first kappa shape index (κ1) is 17.9. The first-order valence-electron chi connectivity index (χ1n) is 7.91. The lowest BCUT2D eigenvalue weighted by molar-refractivity contribution is -0.122. The maximum Gasteiger partial charge on any atom is 0.243 e. The summed E-state index contributed by atoms with van der Waals surface area (Å²) in [6.07, 6.45) is 0. The van der Waals surface area contributed by atoms with Crippen LogP contribution < -0.4 is 10.6 Å². The van der Waals surface area contributed by atoms with E-state index in [1.807, 2.05) is 36.4 Å². The van der Waals surface area contributed by atoms with Gasteiger partial charge in [-0.1, -0.05) is 36.0 Å². The molecule has 0 saturated carbocycles. The number of fused-ring (bicyclic) bond motifs is 1. The van der Waals surface area contributed by atoms with Gasteiger partial charge in [0.15, 0.2) is 0 Å². The number of thioether (sulfide) groups is 1. The second kappa shape index (κ2) is 8.44. The molecule has 0 aliphatic carbocycles. The van der Waals surface area contributed by atoms with Crippen molar-refractivity contribution >= 4 is 40.2 Å². The topological polar surface area (TPSA) is 71.1 Å². The Morgan fingerprint density at radius 2 is 1.73 bits per heavy atom. The summed E-state index contributed by atoms with van der Waals surface area (Å²) in [4.78, 5) is 28.2. The van der Waals surface area contributed by atoms with Gasteiger partial charge in [-0.25, -0.2) is 9.37 Å². The second-order valence-electron chi connectivity index (χ2n) is 5.46. The van der Waals surface area contributed by atoms with Crippen molar-refractivity contribution in [2.75, 3.05) is 17.6 Å². The van der Waals surface area contributed by atoms with Crippen LogP contribution in [0.5, 0.6) is 0 Å². The smallest absolute Gasteiger partial charge is 0.243 e. The van der Waals surface area contributed by atoms with Gasteiger partial charge >= 0.3 is 0 Å². The van der Waals surface area contributed by atoms with E-state index in [9.17, 15) is 14.0 Å². The molecule has 132 valence electrons. The Bertz CT molecular complexity index is 931. The van der Waals surface area contributed by atoms with Crippen LogP contribution in [-0.4, -0.2) is 29.1 Å². The predicted octanol–water partition coefficient (Wildman–Crippen LogP) is 3.22. The Hall–Kier alpha value is -2.93. The van der Waals surface area contributed by atoms with E-state index in [4.69, 9.17) is 0 Å². The molecule has 0 radical (unpaired) electrons. The van der Waals surface area contributed by atoms with Gasteiger partial charge in [0, 0.05) is 11.1 Å². The highest BCUT2D eigenvalue weighted by molar-refractivity contribution is 7.99. The molecule has 0 unspecified atom stereocenters. The summed E-state index contributed by atoms with van der Waals surface area (Å²) >= 11 is 1.30. The lowest BCUT2D eigenvalue weighted by Crippen LogP contribution is -2.33. The molecule has 0 fully saturated rings. The molecule has 3 rings (SSSR count). The molecule has 0 atom stereocenters. The standard InChI is InChI=1S/C19H16FN3O2S/c20-14-6-8-15(9-7-14)22-17(24)11-21-18(25)12-26-19-10-5-13-3-1-2-4-16(13)23-19/h1-10H,11-12H2,(H,21,25)(H,22,24). The van der Waals surface area contributed by atoms with Gasteiger partial charge in [-0.3, -0.25) is 9.59 Å². The van der Waals surface area contributed by atoms with Gasteiger partial charge in [0.1, 0.15) is 5.82 Å². The van der Waals surface area contributed by atoms with Crippen molar-refractivity contribution in [3.8, 4) is 0 Å². The highest BCUT2D eigenvalue weighted by Gasteiger charge is 2.08. The normalized spacial score (nSPS) is 10.5. The summed E-state index contributed by atoms with van der Waals surface area (Å²) in [5.74, 6) is -0.858. The molecular weight excluding hydrogens is 353 g/mol. The number of pyridine rings is 1.